The molecule has 2 aromatic rings. The Morgan fingerprint density at radius 3 is 2.10 bits per heavy atom. The van der Waals surface area contributed by atoms with Crippen LogP contribution < -0.4 is 10.6 Å². The number of anilines is 3. The number of benzene rings is 1. The van der Waals surface area contributed by atoms with Gasteiger partial charge in [-0.3, -0.25) is 4.79 Å². The highest BCUT2D eigenvalue weighted by Gasteiger charge is 2.22. The highest BCUT2D eigenvalue weighted by molar-refractivity contribution is 6.12. The molecule has 1 amide bonds. The van der Waals surface area contributed by atoms with Gasteiger partial charge in [-0.05, 0) is 62.6 Å². The predicted molar refractivity (Wildman–Crippen MR) is 80.9 cm³/mol. The Labute approximate surface area is 118 Å². The molecule has 0 unspecified atom stereocenters. The number of fused-ring (bicyclic) bond motifs is 2. The molecule has 0 saturated carbocycles. The molecule has 1 aromatic heterocycles. The van der Waals surface area contributed by atoms with Gasteiger partial charge in [0.05, 0.1) is 16.9 Å². The summed E-state index contributed by atoms with van der Waals surface area (Å²) >= 11 is 0. The van der Waals surface area contributed by atoms with Crippen molar-refractivity contribution >= 4 is 23.1 Å². The molecule has 4 nitrogen and oxygen atoms in total. The molecule has 102 valence electrons. The second-order valence-corrected chi connectivity index (χ2v) is 5.37. The summed E-state index contributed by atoms with van der Waals surface area (Å²) in [5.41, 5.74) is 6.46. The van der Waals surface area contributed by atoms with Gasteiger partial charge >= 0.3 is 0 Å². The van der Waals surface area contributed by atoms with E-state index in [2.05, 4.69) is 22.5 Å². The summed E-state index contributed by atoms with van der Waals surface area (Å²) in [5.74, 6) is 0.515. The van der Waals surface area contributed by atoms with Crippen LogP contribution in [0.2, 0.25) is 0 Å². The Bertz CT molecular complexity index is 735. The van der Waals surface area contributed by atoms with E-state index >= 15 is 0 Å². The first-order chi connectivity index (χ1) is 9.45. The van der Waals surface area contributed by atoms with E-state index in [0.29, 0.717) is 11.4 Å². The van der Waals surface area contributed by atoms with Crippen LogP contribution in [0.25, 0.3) is 0 Å². The molecular weight excluding hydrogens is 250 g/mol. The van der Waals surface area contributed by atoms with Crippen molar-refractivity contribution in [2.45, 2.75) is 27.7 Å². The second kappa shape index (κ2) is 4.34. The maximum absolute atomic E-state index is 12.4. The fraction of sp³-hybridized carbons (Fsp3) is 0.250. The molecule has 2 N–H and O–H groups in total. The van der Waals surface area contributed by atoms with Crippen molar-refractivity contribution < 1.29 is 4.79 Å². The number of carbonyl (C=O) groups is 1. The van der Waals surface area contributed by atoms with E-state index in [1.807, 2.05) is 39.0 Å². The molecule has 3 rings (SSSR count). The number of nitrogens with one attached hydrogen (secondary N) is 2. The minimum Gasteiger partial charge on any atom is -0.338 e. The normalized spacial score (nSPS) is 12.9. The van der Waals surface area contributed by atoms with Crippen LogP contribution in [-0.4, -0.2) is 10.9 Å². The summed E-state index contributed by atoms with van der Waals surface area (Å²) < 4.78 is 0. The van der Waals surface area contributed by atoms with Crippen LogP contribution in [0.3, 0.4) is 0 Å². The lowest BCUT2D eigenvalue weighted by Gasteiger charge is -2.11. The number of aryl methyl sites for hydroxylation is 4. The molecule has 0 radical (unpaired) electrons. The van der Waals surface area contributed by atoms with Crippen LogP contribution in [0.1, 0.15) is 32.7 Å². The number of carbonyl (C=O) groups excluding carboxylic acids is 1. The lowest BCUT2D eigenvalue weighted by atomic mass is 10.1. The topological polar surface area (TPSA) is 54.0 Å². The smallest absolute Gasteiger partial charge is 0.259 e. The second-order valence-electron chi connectivity index (χ2n) is 5.37. The lowest BCUT2D eigenvalue weighted by Crippen LogP contribution is -2.13. The van der Waals surface area contributed by atoms with Gasteiger partial charge in [0.2, 0.25) is 0 Å². The van der Waals surface area contributed by atoms with Crippen LogP contribution >= 0.6 is 0 Å². The molecule has 2 heterocycles. The molecular formula is C16H17N3O. The van der Waals surface area contributed by atoms with Crippen molar-refractivity contribution in [2.75, 3.05) is 10.6 Å². The molecule has 0 spiro atoms. The number of pyridine rings is 1. The first-order valence-electron chi connectivity index (χ1n) is 6.63. The molecule has 0 saturated heterocycles. The summed E-state index contributed by atoms with van der Waals surface area (Å²) in [6.45, 7) is 7.95. The summed E-state index contributed by atoms with van der Waals surface area (Å²) in [4.78, 5) is 16.9. The third-order valence-electron chi connectivity index (χ3n) is 3.71. The van der Waals surface area contributed by atoms with Gasteiger partial charge in [0.15, 0.2) is 0 Å². The first kappa shape index (κ1) is 12.7. The molecule has 0 bridgehead atoms. The van der Waals surface area contributed by atoms with Crippen LogP contribution in [0.15, 0.2) is 18.2 Å². The number of nitrogens with zero attached hydrogens (tertiary/aromatic N) is 1. The van der Waals surface area contributed by atoms with Crippen molar-refractivity contribution in [3.05, 3.63) is 46.1 Å². The quantitative estimate of drug-likeness (QED) is 0.766. The van der Waals surface area contributed by atoms with Crippen LogP contribution in [0, 0.1) is 27.7 Å². The monoisotopic (exact) mass is 267 g/mol. The van der Waals surface area contributed by atoms with Crippen LogP contribution in [-0.2, 0) is 0 Å². The van der Waals surface area contributed by atoms with Gasteiger partial charge < -0.3 is 10.6 Å². The van der Waals surface area contributed by atoms with E-state index in [1.54, 1.807) is 0 Å². The zero-order valence-corrected chi connectivity index (χ0v) is 12.1. The Hall–Kier alpha value is -2.36. The van der Waals surface area contributed by atoms with E-state index in [4.69, 9.17) is 0 Å². The molecule has 0 aliphatic carbocycles. The SMILES string of the molecule is Cc1cc(C)c2c(n1)Nc1cc(C)c(C)cc1NC2=O. The van der Waals surface area contributed by atoms with Gasteiger partial charge in [-0.25, -0.2) is 4.98 Å². The number of amides is 1. The van der Waals surface area contributed by atoms with Gasteiger partial charge in [0, 0.05) is 5.69 Å². The molecule has 1 aromatic carbocycles. The summed E-state index contributed by atoms with van der Waals surface area (Å²) in [7, 11) is 0. The highest BCUT2D eigenvalue weighted by Crippen LogP contribution is 2.34. The zero-order chi connectivity index (χ0) is 14.4. The molecule has 1 aliphatic heterocycles. The third-order valence-corrected chi connectivity index (χ3v) is 3.71. The van der Waals surface area contributed by atoms with Crippen molar-refractivity contribution in [3.63, 3.8) is 0 Å². The van der Waals surface area contributed by atoms with E-state index in [0.717, 1.165) is 28.2 Å². The minimum atomic E-state index is -0.112. The molecule has 4 heteroatoms. The highest BCUT2D eigenvalue weighted by atomic mass is 16.1. The van der Waals surface area contributed by atoms with Gasteiger partial charge in [-0.2, -0.15) is 0 Å². The maximum Gasteiger partial charge on any atom is 0.259 e. The van der Waals surface area contributed by atoms with Gasteiger partial charge in [-0.1, -0.05) is 0 Å². The average molecular weight is 267 g/mol. The van der Waals surface area contributed by atoms with E-state index in [1.165, 1.54) is 5.56 Å². The Balaban J connectivity index is 2.22. The van der Waals surface area contributed by atoms with Crippen molar-refractivity contribution in [2.24, 2.45) is 0 Å². The number of hydrogen-bond acceptors (Lipinski definition) is 3. The fourth-order valence-electron chi connectivity index (χ4n) is 2.55. The van der Waals surface area contributed by atoms with Crippen LogP contribution in [0.4, 0.5) is 17.2 Å². The van der Waals surface area contributed by atoms with Gasteiger partial charge in [0.1, 0.15) is 5.82 Å². The van der Waals surface area contributed by atoms with Crippen molar-refractivity contribution in [1.82, 2.24) is 4.98 Å². The third kappa shape index (κ3) is 1.93. The maximum atomic E-state index is 12.4. The summed E-state index contributed by atoms with van der Waals surface area (Å²) in [5, 5.41) is 6.25. The number of hydrogen-bond donors (Lipinski definition) is 2. The molecule has 0 atom stereocenters. The summed E-state index contributed by atoms with van der Waals surface area (Å²) in [6, 6.07) is 5.95. The lowest BCUT2D eigenvalue weighted by molar-refractivity contribution is 0.102. The predicted octanol–water partition coefficient (Wildman–Crippen LogP) is 3.62. The van der Waals surface area contributed by atoms with Crippen molar-refractivity contribution in [1.29, 1.82) is 0 Å². The van der Waals surface area contributed by atoms with Crippen LogP contribution in [0.5, 0.6) is 0 Å². The zero-order valence-electron chi connectivity index (χ0n) is 12.1. The fourth-order valence-corrected chi connectivity index (χ4v) is 2.55. The molecule has 0 fully saturated rings. The van der Waals surface area contributed by atoms with Crippen molar-refractivity contribution in [3.8, 4) is 0 Å². The van der Waals surface area contributed by atoms with E-state index in [-0.39, 0.29) is 5.91 Å². The Morgan fingerprint density at radius 1 is 0.850 bits per heavy atom. The standard InChI is InChI=1S/C16H17N3O/c1-8-6-12-13(7-9(8)2)19-16(20)14-10(3)5-11(4)17-15(14)18-12/h5-7H,1-4H3,(H,17,18)(H,19,20). The summed E-state index contributed by atoms with van der Waals surface area (Å²) in [6.07, 6.45) is 0. The molecule has 20 heavy (non-hydrogen) atoms. The number of rotatable bonds is 0. The van der Waals surface area contributed by atoms with E-state index < -0.39 is 0 Å². The Morgan fingerprint density at radius 2 is 1.45 bits per heavy atom. The van der Waals surface area contributed by atoms with E-state index in [9.17, 15) is 4.79 Å². The largest absolute Gasteiger partial charge is 0.338 e. The first-order valence-corrected chi connectivity index (χ1v) is 6.63. The average Bonchev–Trinajstić information content (AvgIpc) is 2.46. The molecule has 1 aliphatic rings. The number of aromatic nitrogens is 1. The Kier molecular flexibility index (Phi) is 2.74. The minimum absolute atomic E-state index is 0.112. The van der Waals surface area contributed by atoms with Gasteiger partial charge in [0.25, 0.3) is 5.91 Å². The van der Waals surface area contributed by atoms with Gasteiger partial charge in [-0.15, -0.1) is 0 Å².